The van der Waals surface area contributed by atoms with Gasteiger partial charge in [-0.25, -0.2) is 9.97 Å². The van der Waals surface area contributed by atoms with Crippen molar-refractivity contribution in [3.63, 3.8) is 0 Å². The van der Waals surface area contributed by atoms with Gasteiger partial charge in [0.25, 0.3) is 5.69 Å². The van der Waals surface area contributed by atoms with Gasteiger partial charge in [0.2, 0.25) is 0 Å². The zero-order chi connectivity index (χ0) is 14.7. The van der Waals surface area contributed by atoms with Gasteiger partial charge in [-0.1, -0.05) is 35.3 Å². The third-order valence-electron chi connectivity index (χ3n) is 2.55. The molecule has 0 atom stereocenters. The Kier molecular flexibility index (Phi) is 4.36. The molecule has 0 unspecified atom stereocenters. The Balaban J connectivity index is 2.11. The maximum absolute atomic E-state index is 10.6. The summed E-state index contributed by atoms with van der Waals surface area (Å²) in [5.74, 6) is 0.487. The molecule has 2 aromatic rings. The highest BCUT2D eigenvalue weighted by molar-refractivity contribution is 6.37. The quantitative estimate of drug-likeness (QED) is 0.530. The second-order valence-electron chi connectivity index (χ2n) is 4.00. The summed E-state index contributed by atoms with van der Waals surface area (Å²) in [6.07, 6.45) is 0. The number of hydrogen-bond donors (Lipinski definition) is 1. The SMILES string of the molecule is Cc1nc(Cl)c(NCc2ccc([N+](=O)[O-])cc2)c(Cl)n1. The third kappa shape index (κ3) is 3.34. The maximum Gasteiger partial charge on any atom is 0.269 e. The molecular formula is C12H10Cl2N4O2. The van der Waals surface area contributed by atoms with Gasteiger partial charge in [0.15, 0.2) is 10.3 Å². The van der Waals surface area contributed by atoms with Gasteiger partial charge in [-0.2, -0.15) is 0 Å². The van der Waals surface area contributed by atoms with Crippen molar-refractivity contribution in [1.82, 2.24) is 9.97 Å². The number of aromatic nitrogens is 2. The van der Waals surface area contributed by atoms with Crippen LogP contribution in [0.15, 0.2) is 24.3 Å². The molecule has 0 radical (unpaired) electrons. The number of anilines is 1. The molecule has 0 saturated heterocycles. The number of benzene rings is 1. The van der Waals surface area contributed by atoms with Crippen molar-refractivity contribution in [2.45, 2.75) is 13.5 Å². The van der Waals surface area contributed by atoms with Crippen LogP contribution in [0.3, 0.4) is 0 Å². The molecule has 1 heterocycles. The van der Waals surface area contributed by atoms with E-state index in [2.05, 4.69) is 15.3 Å². The average Bonchev–Trinajstić information content (AvgIpc) is 2.38. The second-order valence-corrected chi connectivity index (χ2v) is 4.72. The fraction of sp³-hybridized carbons (Fsp3) is 0.167. The normalized spacial score (nSPS) is 10.3. The standard InChI is InChI=1S/C12H10Cl2N4O2/c1-7-16-11(13)10(12(14)17-7)15-6-8-2-4-9(5-3-8)18(19)20/h2-5,15H,6H2,1H3. The summed E-state index contributed by atoms with van der Waals surface area (Å²) < 4.78 is 0. The number of nitrogens with one attached hydrogen (secondary N) is 1. The highest BCUT2D eigenvalue weighted by Crippen LogP contribution is 2.27. The molecule has 0 bridgehead atoms. The lowest BCUT2D eigenvalue weighted by molar-refractivity contribution is -0.384. The van der Waals surface area contributed by atoms with E-state index < -0.39 is 4.92 Å². The van der Waals surface area contributed by atoms with Crippen molar-refractivity contribution >= 4 is 34.6 Å². The van der Waals surface area contributed by atoms with Gasteiger partial charge in [0, 0.05) is 18.7 Å². The van der Waals surface area contributed by atoms with Gasteiger partial charge in [-0.05, 0) is 12.5 Å². The first-order valence-electron chi connectivity index (χ1n) is 5.64. The van der Waals surface area contributed by atoms with E-state index in [-0.39, 0.29) is 16.0 Å². The van der Waals surface area contributed by atoms with Gasteiger partial charge in [0.05, 0.1) is 4.92 Å². The predicted molar refractivity (Wildman–Crippen MR) is 77.2 cm³/mol. The van der Waals surface area contributed by atoms with E-state index in [9.17, 15) is 10.1 Å². The lowest BCUT2D eigenvalue weighted by atomic mass is 10.2. The molecule has 20 heavy (non-hydrogen) atoms. The van der Waals surface area contributed by atoms with Gasteiger partial charge in [-0.3, -0.25) is 10.1 Å². The summed E-state index contributed by atoms with van der Waals surface area (Å²) in [6.45, 7) is 2.10. The number of aryl methyl sites for hydroxylation is 1. The summed E-state index contributed by atoms with van der Waals surface area (Å²) in [5.41, 5.74) is 1.34. The molecule has 6 nitrogen and oxygen atoms in total. The summed E-state index contributed by atoms with van der Waals surface area (Å²) in [6, 6.07) is 6.18. The molecule has 8 heteroatoms. The minimum Gasteiger partial charge on any atom is -0.376 e. The van der Waals surface area contributed by atoms with E-state index in [0.29, 0.717) is 18.1 Å². The van der Waals surface area contributed by atoms with Crippen molar-refractivity contribution in [1.29, 1.82) is 0 Å². The van der Waals surface area contributed by atoms with E-state index in [1.54, 1.807) is 19.1 Å². The van der Waals surface area contributed by atoms with Crippen LogP contribution in [0, 0.1) is 17.0 Å². The average molecular weight is 313 g/mol. The smallest absolute Gasteiger partial charge is 0.269 e. The molecule has 0 aliphatic rings. The summed E-state index contributed by atoms with van der Waals surface area (Å²) >= 11 is 12.0. The summed E-state index contributed by atoms with van der Waals surface area (Å²) in [7, 11) is 0. The van der Waals surface area contributed by atoms with E-state index in [0.717, 1.165) is 5.56 Å². The van der Waals surface area contributed by atoms with E-state index in [1.807, 2.05) is 0 Å². The molecule has 0 aliphatic carbocycles. The monoisotopic (exact) mass is 312 g/mol. The van der Waals surface area contributed by atoms with Crippen LogP contribution in [-0.4, -0.2) is 14.9 Å². The van der Waals surface area contributed by atoms with Gasteiger partial charge in [0.1, 0.15) is 11.5 Å². The molecule has 1 aromatic heterocycles. The van der Waals surface area contributed by atoms with Crippen LogP contribution in [0.2, 0.25) is 10.3 Å². The minimum atomic E-state index is -0.446. The molecule has 0 spiro atoms. The highest BCUT2D eigenvalue weighted by Gasteiger charge is 2.10. The fourth-order valence-electron chi connectivity index (χ4n) is 1.58. The van der Waals surface area contributed by atoms with E-state index in [1.165, 1.54) is 12.1 Å². The first-order chi connectivity index (χ1) is 9.47. The predicted octanol–water partition coefficient (Wildman–Crippen LogP) is 3.61. The summed E-state index contributed by atoms with van der Waals surface area (Å²) in [5, 5.41) is 14.0. The number of halogens is 2. The Morgan fingerprint density at radius 1 is 1.20 bits per heavy atom. The lowest BCUT2D eigenvalue weighted by Crippen LogP contribution is -2.04. The highest BCUT2D eigenvalue weighted by atomic mass is 35.5. The van der Waals surface area contributed by atoms with Crippen LogP contribution >= 0.6 is 23.2 Å². The Morgan fingerprint density at radius 3 is 2.25 bits per heavy atom. The Hall–Kier alpha value is -1.92. The van der Waals surface area contributed by atoms with Gasteiger partial charge in [-0.15, -0.1) is 0 Å². The van der Waals surface area contributed by atoms with E-state index >= 15 is 0 Å². The number of non-ortho nitro benzene ring substituents is 1. The number of nitro groups is 1. The van der Waals surface area contributed by atoms with Crippen LogP contribution in [0.1, 0.15) is 11.4 Å². The largest absolute Gasteiger partial charge is 0.376 e. The molecule has 0 amide bonds. The van der Waals surface area contributed by atoms with Crippen molar-refractivity contribution in [3.8, 4) is 0 Å². The van der Waals surface area contributed by atoms with Crippen LogP contribution < -0.4 is 5.32 Å². The lowest BCUT2D eigenvalue weighted by Gasteiger charge is -2.09. The number of hydrogen-bond acceptors (Lipinski definition) is 5. The van der Waals surface area contributed by atoms with Crippen molar-refractivity contribution in [3.05, 3.63) is 56.1 Å². The van der Waals surface area contributed by atoms with Crippen LogP contribution in [0.25, 0.3) is 0 Å². The molecule has 2 rings (SSSR count). The Morgan fingerprint density at radius 2 is 1.75 bits per heavy atom. The maximum atomic E-state index is 10.6. The zero-order valence-corrected chi connectivity index (χ0v) is 11.9. The molecule has 0 aliphatic heterocycles. The van der Waals surface area contributed by atoms with Crippen molar-refractivity contribution in [2.75, 3.05) is 5.32 Å². The molecular weight excluding hydrogens is 303 g/mol. The summed E-state index contributed by atoms with van der Waals surface area (Å²) in [4.78, 5) is 18.1. The van der Waals surface area contributed by atoms with Gasteiger partial charge < -0.3 is 5.32 Å². The minimum absolute atomic E-state index is 0.0449. The number of nitro benzene ring substituents is 1. The molecule has 1 aromatic carbocycles. The fourth-order valence-corrected chi connectivity index (χ4v) is 2.18. The third-order valence-corrected chi connectivity index (χ3v) is 3.10. The van der Waals surface area contributed by atoms with Gasteiger partial charge >= 0.3 is 0 Å². The van der Waals surface area contributed by atoms with Crippen LogP contribution in [-0.2, 0) is 6.54 Å². The molecule has 0 saturated carbocycles. The topological polar surface area (TPSA) is 81.0 Å². The molecule has 104 valence electrons. The second kappa shape index (κ2) is 6.02. The van der Waals surface area contributed by atoms with E-state index in [4.69, 9.17) is 23.2 Å². The van der Waals surface area contributed by atoms with Crippen LogP contribution in [0.4, 0.5) is 11.4 Å². The number of rotatable bonds is 4. The van der Waals surface area contributed by atoms with Crippen molar-refractivity contribution < 1.29 is 4.92 Å². The first kappa shape index (κ1) is 14.5. The molecule has 1 N–H and O–H groups in total. The first-order valence-corrected chi connectivity index (χ1v) is 6.40. The Bertz CT molecular complexity index is 623. The zero-order valence-electron chi connectivity index (χ0n) is 10.4. The van der Waals surface area contributed by atoms with Crippen molar-refractivity contribution in [2.24, 2.45) is 0 Å². The Labute approximate surface area is 124 Å². The number of nitrogens with zero attached hydrogens (tertiary/aromatic N) is 3. The molecule has 0 fully saturated rings. The van der Waals surface area contributed by atoms with Crippen LogP contribution in [0.5, 0.6) is 0 Å².